The second-order valence-corrected chi connectivity index (χ2v) is 10.5. The van der Waals surface area contributed by atoms with Crippen molar-refractivity contribution in [1.29, 1.82) is 0 Å². The number of nitrogens with two attached hydrogens (primary N) is 1. The molecule has 2 atom stereocenters. The number of nitrogens with zero attached hydrogens (tertiary/aromatic N) is 4. The number of aromatic nitrogens is 2. The molecule has 0 aromatic carbocycles. The molecule has 4 rings (SSSR count). The molecule has 0 spiro atoms. The topological polar surface area (TPSA) is 154 Å². The predicted molar refractivity (Wildman–Crippen MR) is 126 cm³/mol. The van der Waals surface area contributed by atoms with Crippen molar-refractivity contribution in [2.24, 2.45) is 12.2 Å². The number of amides is 2. The number of carboxylic acids is 1. The van der Waals surface area contributed by atoms with Gasteiger partial charge in [-0.2, -0.15) is 8.78 Å². The number of anilines is 1. The molecule has 16 heteroatoms. The smallest absolute Gasteiger partial charge is 0.407 e. The van der Waals surface area contributed by atoms with Crippen LogP contribution in [0.4, 0.5) is 13.9 Å². The van der Waals surface area contributed by atoms with Crippen LogP contribution >= 0.6 is 34.9 Å². The summed E-state index contributed by atoms with van der Waals surface area (Å²) in [7, 11) is 1.87. The van der Waals surface area contributed by atoms with E-state index >= 15 is 0 Å². The average molecular weight is 557 g/mol. The summed E-state index contributed by atoms with van der Waals surface area (Å²) in [5.41, 5.74) is 4.59. The number of oxime groups is 1. The predicted octanol–water partition coefficient (Wildman–Crippen LogP) is -0.311. The third kappa shape index (κ3) is 5.44. The summed E-state index contributed by atoms with van der Waals surface area (Å²) in [4.78, 5) is 47.8. The Labute approximate surface area is 215 Å². The van der Waals surface area contributed by atoms with E-state index in [1.807, 2.05) is 36.1 Å². The maximum Gasteiger partial charge on any atom is 0.407 e. The number of rotatable bonds is 9. The van der Waals surface area contributed by atoms with Crippen LogP contribution in [0, 0.1) is 0 Å². The number of nitrogens with one attached hydrogen (secondary N) is 1. The molecule has 0 saturated carbocycles. The zero-order chi connectivity index (χ0) is 26.0. The molecule has 0 aliphatic carbocycles. The largest absolute Gasteiger partial charge is 0.543 e. The van der Waals surface area contributed by atoms with Gasteiger partial charge in [-0.15, -0.1) is 34.9 Å². The van der Waals surface area contributed by atoms with Crippen molar-refractivity contribution >= 4 is 63.5 Å². The van der Waals surface area contributed by atoms with Crippen LogP contribution in [0.5, 0.6) is 0 Å². The van der Waals surface area contributed by atoms with E-state index in [2.05, 4.69) is 20.3 Å². The Morgan fingerprint density at radius 1 is 1.44 bits per heavy atom. The number of carbonyl (C=O) groups is 3. The monoisotopic (exact) mass is 556 g/mol. The van der Waals surface area contributed by atoms with Crippen molar-refractivity contribution in [2.45, 2.75) is 23.6 Å². The Morgan fingerprint density at radius 2 is 2.17 bits per heavy atom. The van der Waals surface area contributed by atoms with E-state index in [-0.39, 0.29) is 16.5 Å². The van der Waals surface area contributed by atoms with Crippen LogP contribution in [0.3, 0.4) is 0 Å². The minimum Gasteiger partial charge on any atom is -0.543 e. The lowest BCUT2D eigenvalue weighted by Gasteiger charge is -2.51. The van der Waals surface area contributed by atoms with Gasteiger partial charge < -0.3 is 30.7 Å². The number of hydrogen-bond donors (Lipinski definition) is 2. The fourth-order valence-corrected chi connectivity index (χ4v) is 6.33. The van der Waals surface area contributed by atoms with Crippen molar-refractivity contribution in [3.8, 4) is 0 Å². The molecule has 0 bridgehead atoms. The molecular formula is C20H18F2N6O5S3. The summed E-state index contributed by atoms with van der Waals surface area (Å²) in [6.07, 6.45) is 3.72. The van der Waals surface area contributed by atoms with E-state index < -0.39 is 42.2 Å². The quantitative estimate of drug-likeness (QED) is 0.139. The van der Waals surface area contributed by atoms with Crippen molar-refractivity contribution in [3.05, 3.63) is 46.2 Å². The number of thioether (sulfide) groups is 2. The van der Waals surface area contributed by atoms with Crippen molar-refractivity contribution < 1.29 is 37.7 Å². The Kier molecular flexibility index (Phi) is 7.75. The molecule has 2 amide bonds. The number of halogens is 2. The standard InChI is InChI=1S/C20H18F2N6O5S3/c1-27-4-2-9(3-5-27)34-8-12-15(18(31)32)28-11(7-35-12)14(17(28)30)25-16(29)13(26-33-19(21)22)10-6-36-20(23)24-10/h2-6,11,14,19H,7-8H2,1H3,(H3-,23,24,25,29,31,32)/b26-13-/t11-,14+/m1/s1. The third-order valence-corrected chi connectivity index (χ3v) is 8.24. The maximum absolute atomic E-state index is 12.9. The first-order valence-electron chi connectivity index (χ1n) is 10.2. The highest BCUT2D eigenvalue weighted by Gasteiger charge is 2.52. The number of pyridine rings is 1. The zero-order valence-corrected chi connectivity index (χ0v) is 20.9. The normalized spacial score (nSPS) is 19.7. The third-order valence-electron chi connectivity index (χ3n) is 5.15. The molecule has 1 fully saturated rings. The van der Waals surface area contributed by atoms with Crippen molar-refractivity contribution in [3.63, 3.8) is 0 Å². The Morgan fingerprint density at radius 3 is 2.78 bits per heavy atom. The molecule has 2 aliphatic rings. The van der Waals surface area contributed by atoms with Crippen LogP contribution < -0.4 is 20.7 Å². The molecular weight excluding hydrogens is 538 g/mol. The van der Waals surface area contributed by atoms with E-state index in [1.54, 1.807) is 0 Å². The Balaban J connectivity index is 1.49. The van der Waals surface area contributed by atoms with Gasteiger partial charge >= 0.3 is 6.61 Å². The highest BCUT2D eigenvalue weighted by Crippen LogP contribution is 2.40. The number of β-lactam (4-membered cyclic amide) rings is 1. The number of aliphatic carboxylic acids is 1. The molecule has 0 radical (unpaired) electrons. The van der Waals surface area contributed by atoms with Crippen LogP contribution in [-0.4, -0.2) is 63.6 Å². The van der Waals surface area contributed by atoms with Crippen LogP contribution in [0.15, 0.2) is 50.6 Å². The van der Waals surface area contributed by atoms with Crippen LogP contribution in [0.25, 0.3) is 0 Å². The summed E-state index contributed by atoms with van der Waals surface area (Å²) >= 11 is 3.61. The molecule has 4 heterocycles. The van der Waals surface area contributed by atoms with Gasteiger partial charge in [0.25, 0.3) is 11.8 Å². The Hall–Kier alpha value is -3.24. The second-order valence-electron chi connectivity index (χ2n) is 7.46. The molecule has 3 N–H and O–H groups in total. The second kappa shape index (κ2) is 10.8. The SMILES string of the molecule is C[n+]1ccc(SCC2=C(C(=O)[O-])N3C(=O)[C@@H](NC(=O)/C(=N\OC(F)F)c4csc(N)n4)[C@H]3CS2)cc1. The lowest BCUT2D eigenvalue weighted by Crippen LogP contribution is -2.73. The molecule has 2 aromatic rings. The van der Waals surface area contributed by atoms with Gasteiger partial charge in [0.1, 0.15) is 18.8 Å². The van der Waals surface area contributed by atoms with E-state index in [0.29, 0.717) is 16.4 Å². The molecule has 11 nitrogen and oxygen atoms in total. The van der Waals surface area contributed by atoms with Gasteiger partial charge in [-0.3, -0.25) is 9.59 Å². The van der Waals surface area contributed by atoms with Gasteiger partial charge in [-0.05, 0) is 0 Å². The number of fused-ring (bicyclic) bond motifs is 1. The first kappa shape index (κ1) is 25.8. The summed E-state index contributed by atoms with van der Waals surface area (Å²) < 4.78 is 26.9. The molecule has 2 aromatic heterocycles. The summed E-state index contributed by atoms with van der Waals surface area (Å²) in [5, 5.41) is 18.9. The number of carbonyl (C=O) groups excluding carboxylic acids is 3. The van der Waals surface area contributed by atoms with E-state index in [4.69, 9.17) is 5.73 Å². The van der Waals surface area contributed by atoms with Crippen LogP contribution in [0.2, 0.25) is 0 Å². The van der Waals surface area contributed by atoms with Gasteiger partial charge in [0, 0.05) is 38.8 Å². The molecule has 1 saturated heterocycles. The van der Waals surface area contributed by atoms with E-state index in [0.717, 1.165) is 21.1 Å². The van der Waals surface area contributed by atoms with Gasteiger partial charge in [0.15, 0.2) is 23.2 Å². The maximum atomic E-state index is 12.9. The summed E-state index contributed by atoms with van der Waals surface area (Å²) in [6, 6.07) is 1.98. The fourth-order valence-electron chi connectivity index (χ4n) is 3.50. The van der Waals surface area contributed by atoms with E-state index in [9.17, 15) is 28.3 Å². The highest BCUT2D eigenvalue weighted by atomic mass is 32.2. The van der Waals surface area contributed by atoms with Crippen LogP contribution in [0.1, 0.15) is 5.69 Å². The van der Waals surface area contributed by atoms with Crippen molar-refractivity contribution in [2.75, 3.05) is 17.2 Å². The lowest BCUT2D eigenvalue weighted by atomic mass is 9.94. The zero-order valence-electron chi connectivity index (χ0n) is 18.4. The number of aryl methyl sites for hydroxylation is 1. The summed E-state index contributed by atoms with van der Waals surface area (Å²) in [6.45, 7) is -3.29. The first-order valence-corrected chi connectivity index (χ1v) is 13.0. The molecule has 2 aliphatic heterocycles. The minimum absolute atomic E-state index is 0.0654. The highest BCUT2D eigenvalue weighted by molar-refractivity contribution is 8.06. The summed E-state index contributed by atoms with van der Waals surface area (Å²) in [5.74, 6) is -2.57. The first-order chi connectivity index (χ1) is 17.2. The number of thiazole rings is 1. The van der Waals surface area contributed by atoms with Gasteiger partial charge in [0.2, 0.25) is 0 Å². The number of hydrogen-bond acceptors (Lipinski definition) is 11. The number of nitrogen functional groups attached to an aromatic ring is 1. The Bertz CT molecular complexity index is 1250. The van der Waals surface area contributed by atoms with Gasteiger partial charge in [-0.1, -0.05) is 5.16 Å². The van der Waals surface area contributed by atoms with Gasteiger partial charge in [0.05, 0.1) is 17.7 Å². The molecule has 0 unspecified atom stereocenters. The van der Waals surface area contributed by atoms with E-state index in [1.165, 1.54) is 28.9 Å². The lowest BCUT2D eigenvalue weighted by molar-refractivity contribution is -0.671. The number of carboxylic acid groups (broad SMARTS) is 1. The minimum atomic E-state index is -3.29. The number of alkyl halides is 2. The molecule has 190 valence electrons. The fraction of sp³-hybridized carbons (Fsp3) is 0.300. The van der Waals surface area contributed by atoms with Crippen molar-refractivity contribution in [1.82, 2.24) is 15.2 Å². The molecule has 36 heavy (non-hydrogen) atoms. The van der Waals surface area contributed by atoms with Gasteiger partial charge in [-0.25, -0.2) is 9.55 Å². The van der Waals surface area contributed by atoms with Crippen LogP contribution in [-0.2, 0) is 26.3 Å². The average Bonchev–Trinajstić information content (AvgIpc) is 3.27.